The molecule has 0 radical (unpaired) electrons. The first kappa shape index (κ1) is 10.3. The molecule has 1 aliphatic carbocycles. The summed E-state index contributed by atoms with van der Waals surface area (Å²) in [5.74, 6) is 0.590. The summed E-state index contributed by atoms with van der Waals surface area (Å²) in [6, 6.07) is 0. The molecule has 0 N–H and O–H groups in total. The Morgan fingerprint density at radius 2 is 2.00 bits per heavy atom. The molecule has 13 heavy (non-hydrogen) atoms. The summed E-state index contributed by atoms with van der Waals surface area (Å²) in [4.78, 5) is 0. The Kier molecular flexibility index (Phi) is 2.51. The predicted molar refractivity (Wildman–Crippen MR) is 59.6 cm³/mol. The van der Waals surface area contributed by atoms with Gasteiger partial charge in [0.1, 0.15) is 0 Å². The lowest BCUT2D eigenvalue weighted by Crippen LogP contribution is -2.22. The fourth-order valence-corrected chi connectivity index (χ4v) is 1.82. The molecule has 0 saturated heterocycles. The van der Waals surface area contributed by atoms with Crippen LogP contribution in [0.3, 0.4) is 0 Å². The summed E-state index contributed by atoms with van der Waals surface area (Å²) in [5, 5.41) is 0. The second-order valence-corrected chi connectivity index (χ2v) is 4.44. The highest BCUT2D eigenvalue weighted by Crippen LogP contribution is 2.42. The third kappa shape index (κ3) is 1.50. The first-order valence-electron chi connectivity index (χ1n) is 4.92. The minimum atomic E-state index is 0.0938. The normalized spacial score (nSPS) is 33.8. The van der Waals surface area contributed by atoms with Crippen molar-refractivity contribution < 1.29 is 0 Å². The van der Waals surface area contributed by atoms with E-state index in [1.165, 1.54) is 16.7 Å². The zero-order chi connectivity index (χ0) is 10.2. The van der Waals surface area contributed by atoms with Gasteiger partial charge < -0.3 is 0 Å². The van der Waals surface area contributed by atoms with Gasteiger partial charge in [0.05, 0.1) is 0 Å². The number of hydrogen-bond donors (Lipinski definition) is 0. The van der Waals surface area contributed by atoms with Crippen LogP contribution in [0.15, 0.2) is 35.5 Å². The van der Waals surface area contributed by atoms with Crippen LogP contribution in [-0.4, -0.2) is 0 Å². The molecule has 0 amide bonds. The van der Waals surface area contributed by atoms with Crippen molar-refractivity contribution in [2.24, 2.45) is 11.3 Å². The Morgan fingerprint density at radius 3 is 2.46 bits per heavy atom. The second kappa shape index (κ2) is 3.17. The third-order valence-electron chi connectivity index (χ3n) is 3.66. The van der Waals surface area contributed by atoms with E-state index >= 15 is 0 Å². The largest absolute Gasteiger partial charge is 0.0990 e. The minimum absolute atomic E-state index is 0.0938. The highest BCUT2D eigenvalue weighted by Gasteiger charge is 2.29. The Balaban J connectivity index is 3.18. The molecule has 0 saturated carbocycles. The Morgan fingerprint density at radius 1 is 1.46 bits per heavy atom. The molecule has 0 fully saturated rings. The van der Waals surface area contributed by atoms with Crippen LogP contribution in [0.5, 0.6) is 0 Å². The average Bonchev–Trinajstić information content (AvgIpc) is 2.08. The maximum absolute atomic E-state index is 4.08. The summed E-state index contributed by atoms with van der Waals surface area (Å²) in [6.45, 7) is 15.1. The minimum Gasteiger partial charge on any atom is -0.0990 e. The van der Waals surface area contributed by atoms with Crippen LogP contribution in [0.4, 0.5) is 0 Å². The van der Waals surface area contributed by atoms with Crippen molar-refractivity contribution in [3.05, 3.63) is 35.5 Å². The van der Waals surface area contributed by atoms with Gasteiger partial charge in [-0.05, 0) is 33.6 Å². The van der Waals surface area contributed by atoms with Gasteiger partial charge in [-0.25, -0.2) is 0 Å². The molecule has 72 valence electrons. The zero-order valence-corrected chi connectivity index (χ0v) is 9.44. The van der Waals surface area contributed by atoms with E-state index in [9.17, 15) is 0 Å². The van der Waals surface area contributed by atoms with E-state index in [0.717, 1.165) is 0 Å². The fraction of sp³-hybridized carbons (Fsp3) is 0.538. The summed E-state index contributed by atoms with van der Waals surface area (Å²) >= 11 is 0. The highest BCUT2D eigenvalue weighted by molar-refractivity contribution is 5.39. The van der Waals surface area contributed by atoms with Crippen LogP contribution in [0.25, 0.3) is 0 Å². The standard InChI is InChI=1S/C13H20/c1-9(2)13(6)8-7-10(3)11(4)12(13)5/h7-8,10H,1H2,2-6H3. The van der Waals surface area contributed by atoms with Crippen molar-refractivity contribution >= 4 is 0 Å². The topological polar surface area (TPSA) is 0 Å². The van der Waals surface area contributed by atoms with Crippen LogP contribution in [0.2, 0.25) is 0 Å². The maximum Gasteiger partial charge on any atom is 0.0267 e. The zero-order valence-electron chi connectivity index (χ0n) is 9.44. The SMILES string of the molecule is C=C(C)C1(C)C=CC(C)C(C)=C1C. The van der Waals surface area contributed by atoms with Crippen molar-refractivity contribution in [2.45, 2.75) is 34.6 Å². The monoisotopic (exact) mass is 176 g/mol. The summed E-state index contributed by atoms with van der Waals surface area (Å²) in [7, 11) is 0. The van der Waals surface area contributed by atoms with E-state index in [1.54, 1.807) is 0 Å². The molecule has 2 atom stereocenters. The molecule has 0 aromatic rings. The second-order valence-electron chi connectivity index (χ2n) is 4.44. The lowest BCUT2D eigenvalue weighted by Gasteiger charge is -2.34. The molecule has 0 aromatic heterocycles. The number of allylic oxidation sites excluding steroid dienone is 5. The van der Waals surface area contributed by atoms with Gasteiger partial charge in [-0.15, -0.1) is 0 Å². The van der Waals surface area contributed by atoms with E-state index in [1.807, 2.05) is 0 Å². The van der Waals surface area contributed by atoms with Crippen molar-refractivity contribution in [1.82, 2.24) is 0 Å². The predicted octanol–water partition coefficient (Wildman–Crippen LogP) is 4.11. The third-order valence-corrected chi connectivity index (χ3v) is 3.66. The Hall–Kier alpha value is -0.780. The van der Waals surface area contributed by atoms with Crippen LogP contribution < -0.4 is 0 Å². The van der Waals surface area contributed by atoms with E-state index < -0.39 is 0 Å². The molecule has 0 bridgehead atoms. The van der Waals surface area contributed by atoms with Crippen molar-refractivity contribution in [3.63, 3.8) is 0 Å². The van der Waals surface area contributed by atoms with Crippen molar-refractivity contribution in [2.75, 3.05) is 0 Å². The average molecular weight is 176 g/mol. The molecule has 0 nitrogen and oxygen atoms in total. The lowest BCUT2D eigenvalue weighted by molar-refractivity contribution is 0.572. The molecule has 0 aromatic carbocycles. The first-order chi connectivity index (χ1) is 5.89. The fourth-order valence-electron chi connectivity index (χ4n) is 1.82. The number of rotatable bonds is 1. The molecule has 0 heterocycles. The van der Waals surface area contributed by atoms with Crippen LogP contribution in [0.1, 0.15) is 34.6 Å². The summed E-state index contributed by atoms with van der Waals surface area (Å²) in [6.07, 6.45) is 4.58. The maximum atomic E-state index is 4.08. The van der Waals surface area contributed by atoms with E-state index in [2.05, 4.69) is 53.3 Å². The Bertz CT molecular complexity index is 291. The molecule has 1 aliphatic rings. The molecule has 0 heteroatoms. The van der Waals surface area contributed by atoms with Crippen molar-refractivity contribution in [1.29, 1.82) is 0 Å². The van der Waals surface area contributed by atoms with Gasteiger partial charge in [-0.2, -0.15) is 0 Å². The smallest absolute Gasteiger partial charge is 0.0267 e. The van der Waals surface area contributed by atoms with Crippen molar-refractivity contribution in [3.8, 4) is 0 Å². The first-order valence-corrected chi connectivity index (χ1v) is 4.92. The molecule has 1 rings (SSSR count). The van der Waals surface area contributed by atoms with E-state index in [4.69, 9.17) is 0 Å². The van der Waals surface area contributed by atoms with Gasteiger partial charge in [0, 0.05) is 5.41 Å². The highest BCUT2D eigenvalue weighted by atomic mass is 14.3. The summed E-state index contributed by atoms with van der Waals surface area (Å²) < 4.78 is 0. The van der Waals surface area contributed by atoms with Crippen LogP contribution in [0, 0.1) is 11.3 Å². The quantitative estimate of drug-likeness (QED) is 0.527. The Labute approximate surface area is 82.0 Å². The van der Waals surface area contributed by atoms with E-state index in [0.29, 0.717) is 5.92 Å². The van der Waals surface area contributed by atoms with Gasteiger partial charge in [-0.3, -0.25) is 0 Å². The van der Waals surface area contributed by atoms with Gasteiger partial charge in [0.25, 0.3) is 0 Å². The molecular formula is C13H20. The molecular weight excluding hydrogens is 156 g/mol. The van der Waals surface area contributed by atoms with Gasteiger partial charge in [0.2, 0.25) is 0 Å². The summed E-state index contributed by atoms with van der Waals surface area (Å²) in [5.41, 5.74) is 4.28. The van der Waals surface area contributed by atoms with Gasteiger partial charge >= 0.3 is 0 Å². The van der Waals surface area contributed by atoms with Crippen LogP contribution >= 0.6 is 0 Å². The van der Waals surface area contributed by atoms with Crippen LogP contribution in [-0.2, 0) is 0 Å². The van der Waals surface area contributed by atoms with Gasteiger partial charge in [0.15, 0.2) is 0 Å². The molecule has 2 unspecified atom stereocenters. The molecule has 0 spiro atoms. The lowest BCUT2D eigenvalue weighted by atomic mass is 9.70. The van der Waals surface area contributed by atoms with Gasteiger partial charge in [-0.1, -0.05) is 42.4 Å². The molecule has 0 aliphatic heterocycles. The van der Waals surface area contributed by atoms with E-state index in [-0.39, 0.29) is 5.41 Å². The number of hydrogen-bond acceptors (Lipinski definition) is 0.